The van der Waals surface area contributed by atoms with Gasteiger partial charge in [-0.1, -0.05) is 18.9 Å². The fourth-order valence-electron chi connectivity index (χ4n) is 3.49. The molecule has 1 saturated carbocycles. The van der Waals surface area contributed by atoms with Crippen LogP contribution in [0.5, 0.6) is 0 Å². The molecule has 1 heterocycles. The zero-order valence-corrected chi connectivity index (χ0v) is 19.5. The molecule has 1 aliphatic carbocycles. The van der Waals surface area contributed by atoms with Crippen molar-refractivity contribution in [2.45, 2.75) is 45.4 Å². The van der Waals surface area contributed by atoms with Crippen molar-refractivity contribution in [3.8, 4) is 0 Å². The Morgan fingerprint density at radius 2 is 2.04 bits per heavy atom. The van der Waals surface area contributed by atoms with Crippen molar-refractivity contribution in [3.63, 3.8) is 0 Å². The summed E-state index contributed by atoms with van der Waals surface area (Å²) < 4.78 is 5.29. The minimum absolute atomic E-state index is 0. The second-order valence-electron chi connectivity index (χ2n) is 7.32. The number of nitrogens with one attached hydrogen (secondary N) is 3. The summed E-state index contributed by atoms with van der Waals surface area (Å²) in [5.74, 6) is 1.25. The summed E-state index contributed by atoms with van der Waals surface area (Å²) in [5.41, 5.74) is 1.36. The van der Waals surface area contributed by atoms with Crippen LogP contribution in [0, 0.1) is 12.3 Å². The molecule has 0 aromatic carbocycles. The van der Waals surface area contributed by atoms with Crippen molar-refractivity contribution in [2.75, 3.05) is 39.2 Å². The topological polar surface area (TPSA) is 87.6 Å². The number of hydrogen-bond acceptors (Lipinski definition) is 4. The molecule has 2 rings (SSSR count). The molecule has 0 unspecified atom stereocenters. The number of rotatable bonds is 9. The SMILES string of the molecule is CN=C(NCCC(=O)Nc1ccc(C)cn1)NCC1(CCOC)CCCC1.I. The molecule has 3 N–H and O–H groups in total. The van der Waals surface area contributed by atoms with Gasteiger partial charge in [-0.25, -0.2) is 4.98 Å². The summed E-state index contributed by atoms with van der Waals surface area (Å²) in [4.78, 5) is 20.5. The number of aromatic nitrogens is 1. The van der Waals surface area contributed by atoms with Gasteiger partial charge >= 0.3 is 0 Å². The summed E-state index contributed by atoms with van der Waals surface area (Å²) in [6, 6.07) is 3.73. The van der Waals surface area contributed by atoms with E-state index < -0.39 is 0 Å². The van der Waals surface area contributed by atoms with E-state index in [0.717, 1.165) is 31.1 Å². The summed E-state index contributed by atoms with van der Waals surface area (Å²) in [7, 11) is 3.51. The predicted octanol–water partition coefficient (Wildman–Crippen LogP) is 3.10. The van der Waals surface area contributed by atoms with Crippen LogP contribution >= 0.6 is 24.0 Å². The van der Waals surface area contributed by atoms with Gasteiger partial charge in [-0.15, -0.1) is 24.0 Å². The number of pyridine rings is 1. The lowest BCUT2D eigenvalue weighted by Gasteiger charge is -2.29. The third-order valence-electron chi connectivity index (χ3n) is 5.18. The lowest BCUT2D eigenvalue weighted by Crippen LogP contribution is -2.44. The monoisotopic (exact) mass is 503 g/mol. The number of aliphatic imine (C=N–C) groups is 1. The summed E-state index contributed by atoms with van der Waals surface area (Å²) in [6.45, 7) is 4.16. The van der Waals surface area contributed by atoms with Crippen LogP contribution in [0.2, 0.25) is 0 Å². The van der Waals surface area contributed by atoms with Crippen molar-refractivity contribution in [1.29, 1.82) is 0 Å². The number of ether oxygens (including phenoxy) is 1. The molecule has 1 fully saturated rings. The first kappa shape index (κ1) is 24.6. The number of guanidine groups is 1. The Kier molecular flexibility index (Phi) is 11.4. The zero-order valence-electron chi connectivity index (χ0n) is 17.2. The van der Waals surface area contributed by atoms with E-state index >= 15 is 0 Å². The number of carbonyl (C=O) groups is 1. The lowest BCUT2D eigenvalue weighted by molar-refractivity contribution is -0.116. The van der Waals surface area contributed by atoms with Crippen molar-refractivity contribution < 1.29 is 9.53 Å². The first-order valence-corrected chi connectivity index (χ1v) is 9.73. The number of amides is 1. The molecule has 28 heavy (non-hydrogen) atoms. The quantitative estimate of drug-likeness (QED) is 0.274. The number of aryl methyl sites for hydroxylation is 1. The molecular weight excluding hydrogens is 469 g/mol. The van der Waals surface area contributed by atoms with Crippen LogP contribution in [0.15, 0.2) is 23.3 Å². The number of halogens is 1. The van der Waals surface area contributed by atoms with Crippen LogP contribution < -0.4 is 16.0 Å². The minimum Gasteiger partial charge on any atom is -0.385 e. The average molecular weight is 503 g/mol. The van der Waals surface area contributed by atoms with Crippen molar-refractivity contribution in [3.05, 3.63) is 23.9 Å². The van der Waals surface area contributed by atoms with Crippen LogP contribution in [0.25, 0.3) is 0 Å². The van der Waals surface area contributed by atoms with Gasteiger partial charge in [-0.3, -0.25) is 9.79 Å². The lowest BCUT2D eigenvalue weighted by atomic mass is 9.83. The molecule has 0 bridgehead atoms. The smallest absolute Gasteiger partial charge is 0.227 e. The van der Waals surface area contributed by atoms with E-state index in [1.165, 1.54) is 25.7 Å². The second-order valence-corrected chi connectivity index (χ2v) is 7.32. The van der Waals surface area contributed by atoms with E-state index in [1.54, 1.807) is 20.4 Å². The molecule has 1 aromatic rings. The highest BCUT2D eigenvalue weighted by Crippen LogP contribution is 2.40. The van der Waals surface area contributed by atoms with Gasteiger partial charge in [0.1, 0.15) is 5.82 Å². The van der Waals surface area contributed by atoms with Gasteiger partial charge in [0.25, 0.3) is 0 Å². The Labute approximate surface area is 185 Å². The van der Waals surface area contributed by atoms with Crippen LogP contribution in [-0.4, -0.2) is 50.7 Å². The highest BCUT2D eigenvalue weighted by atomic mass is 127. The Morgan fingerprint density at radius 3 is 2.64 bits per heavy atom. The molecule has 0 aliphatic heterocycles. The summed E-state index contributed by atoms with van der Waals surface area (Å²) in [5, 5.41) is 9.45. The van der Waals surface area contributed by atoms with Crippen LogP contribution in [0.3, 0.4) is 0 Å². The van der Waals surface area contributed by atoms with Crippen molar-refractivity contribution in [1.82, 2.24) is 15.6 Å². The summed E-state index contributed by atoms with van der Waals surface area (Å²) in [6.07, 6.45) is 8.18. The number of carbonyl (C=O) groups excluding carboxylic acids is 1. The predicted molar refractivity (Wildman–Crippen MR) is 124 cm³/mol. The van der Waals surface area contributed by atoms with E-state index in [-0.39, 0.29) is 29.9 Å². The molecule has 0 saturated heterocycles. The van der Waals surface area contributed by atoms with E-state index in [1.807, 2.05) is 19.1 Å². The number of nitrogens with zero attached hydrogens (tertiary/aromatic N) is 2. The van der Waals surface area contributed by atoms with Crippen LogP contribution in [0.1, 0.15) is 44.1 Å². The van der Waals surface area contributed by atoms with Gasteiger partial charge in [-0.2, -0.15) is 0 Å². The number of methoxy groups -OCH3 is 1. The third kappa shape index (κ3) is 8.30. The van der Waals surface area contributed by atoms with E-state index in [9.17, 15) is 4.79 Å². The molecule has 1 aromatic heterocycles. The second kappa shape index (κ2) is 12.9. The molecule has 0 radical (unpaired) electrons. The van der Waals surface area contributed by atoms with Gasteiger partial charge < -0.3 is 20.7 Å². The highest BCUT2D eigenvalue weighted by Gasteiger charge is 2.33. The van der Waals surface area contributed by atoms with Gasteiger partial charge in [0.05, 0.1) is 0 Å². The molecule has 1 amide bonds. The minimum atomic E-state index is -0.0679. The Bertz CT molecular complexity index is 616. The summed E-state index contributed by atoms with van der Waals surface area (Å²) >= 11 is 0. The maximum absolute atomic E-state index is 12.0. The molecule has 8 heteroatoms. The Morgan fingerprint density at radius 1 is 1.29 bits per heavy atom. The first-order valence-electron chi connectivity index (χ1n) is 9.73. The third-order valence-corrected chi connectivity index (χ3v) is 5.18. The standard InChI is InChI=1S/C20H33N5O2.HI/c1-16-6-7-17(23-14-16)25-18(26)8-12-22-19(21-2)24-15-20(11-13-27-3)9-4-5-10-20;/h6-7,14H,4-5,8-13,15H2,1-3H3,(H2,21,22,24)(H,23,25,26);1H. The van der Waals surface area contributed by atoms with E-state index in [0.29, 0.717) is 24.2 Å². The van der Waals surface area contributed by atoms with Crippen molar-refractivity contribution >= 4 is 41.7 Å². The van der Waals surface area contributed by atoms with Crippen molar-refractivity contribution in [2.24, 2.45) is 10.4 Å². The van der Waals surface area contributed by atoms with Crippen LogP contribution in [-0.2, 0) is 9.53 Å². The molecule has 7 nitrogen and oxygen atoms in total. The number of hydrogen-bond donors (Lipinski definition) is 3. The molecule has 158 valence electrons. The van der Waals surface area contributed by atoms with E-state index in [4.69, 9.17) is 4.74 Å². The molecular formula is C20H34IN5O2. The zero-order chi connectivity index (χ0) is 19.5. The van der Waals surface area contributed by atoms with Crippen LogP contribution in [0.4, 0.5) is 5.82 Å². The normalized spacial score (nSPS) is 15.6. The Balaban J connectivity index is 0.00000392. The fraction of sp³-hybridized carbons (Fsp3) is 0.650. The van der Waals surface area contributed by atoms with E-state index in [2.05, 4.69) is 25.9 Å². The van der Waals surface area contributed by atoms with Gasteiger partial charge in [0, 0.05) is 46.5 Å². The average Bonchev–Trinajstić information content (AvgIpc) is 3.14. The first-order chi connectivity index (χ1) is 13.1. The van der Waals surface area contributed by atoms with Gasteiger partial charge in [0.2, 0.25) is 5.91 Å². The largest absolute Gasteiger partial charge is 0.385 e. The maximum atomic E-state index is 12.0. The van der Waals surface area contributed by atoms with Gasteiger partial charge in [0.15, 0.2) is 5.96 Å². The molecule has 0 spiro atoms. The fourth-order valence-corrected chi connectivity index (χ4v) is 3.49. The maximum Gasteiger partial charge on any atom is 0.227 e. The number of anilines is 1. The van der Waals surface area contributed by atoms with Gasteiger partial charge in [-0.05, 0) is 43.2 Å². The molecule has 0 atom stereocenters. The Hall–Kier alpha value is -1.42. The highest BCUT2D eigenvalue weighted by molar-refractivity contribution is 14.0. The molecule has 1 aliphatic rings.